The molecule has 2 aliphatic rings. The Morgan fingerprint density at radius 2 is 2.06 bits per heavy atom. The molecule has 2 aliphatic carbocycles. The van der Waals surface area contributed by atoms with E-state index in [1.807, 2.05) is 0 Å². The minimum absolute atomic E-state index is 0.0509. The van der Waals surface area contributed by atoms with E-state index in [-0.39, 0.29) is 11.2 Å². The molecule has 0 saturated heterocycles. The van der Waals surface area contributed by atoms with Gasteiger partial charge < -0.3 is 0 Å². The Hall–Kier alpha value is -1.25. The van der Waals surface area contributed by atoms with Gasteiger partial charge in [-0.25, -0.2) is 9.97 Å². The van der Waals surface area contributed by atoms with Gasteiger partial charge in [-0.2, -0.15) is 0 Å². The minimum atomic E-state index is 0.0509. The number of hydrogen-bond acceptors (Lipinski definition) is 3. The van der Waals surface area contributed by atoms with Crippen LogP contribution in [0.25, 0.3) is 0 Å². The van der Waals surface area contributed by atoms with Gasteiger partial charge in [0.2, 0.25) is 0 Å². The molecule has 0 amide bonds. The summed E-state index contributed by atoms with van der Waals surface area (Å²) in [5.74, 6) is 1.71. The summed E-state index contributed by atoms with van der Waals surface area (Å²) >= 11 is 0. The van der Waals surface area contributed by atoms with Gasteiger partial charge in [0.15, 0.2) is 5.78 Å². The van der Waals surface area contributed by atoms with Crippen LogP contribution >= 0.6 is 0 Å². The van der Waals surface area contributed by atoms with Crippen molar-refractivity contribution < 1.29 is 4.79 Å². The maximum Gasteiger partial charge on any atom is 0.166 e. The summed E-state index contributed by atoms with van der Waals surface area (Å²) in [7, 11) is 0. The Labute approximate surface area is 102 Å². The zero-order valence-corrected chi connectivity index (χ0v) is 10.5. The molecule has 1 aromatic heterocycles. The first kappa shape index (κ1) is 10.9. The van der Waals surface area contributed by atoms with E-state index in [1.165, 1.54) is 19.3 Å². The Balaban J connectivity index is 1.98. The molecule has 90 valence electrons. The SMILES string of the molecule is CC1(C)CC(=O)c2cnc(C3CCC3)nc2C1. The van der Waals surface area contributed by atoms with Crippen molar-refractivity contribution in [3.8, 4) is 0 Å². The number of ketones is 1. The lowest BCUT2D eigenvalue weighted by atomic mass is 9.76. The molecule has 0 spiro atoms. The van der Waals surface area contributed by atoms with Crippen LogP contribution in [-0.4, -0.2) is 15.8 Å². The second-order valence-electron chi connectivity index (χ2n) is 6.16. The molecule has 0 aromatic carbocycles. The second-order valence-corrected chi connectivity index (χ2v) is 6.16. The first-order valence-electron chi connectivity index (χ1n) is 6.44. The molecule has 1 heterocycles. The van der Waals surface area contributed by atoms with E-state index < -0.39 is 0 Å². The average molecular weight is 230 g/mol. The van der Waals surface area contributed by atoms with Gasteiger partial charge in [0, 0.05) is 18.5 Å². The molecule has 17 heavy (non-hydrogen) atoms. The van der Waals surface area contributed by atoms with Crippen LogP contribution in [0.2, 0.25) is 0 Å². The molecule has 3 nitrogen and oxygen atoms in total. The van der Waals surface area contributed by atoms with Gasteiger partial charge in [-0.1, -0.05) is 20.3 Å². The summed E-state index contributed by atoms with van der Waals surface area (Å²) in [5, 5.41) is 0. The van der Waals surface area contributed by atoms with Gasteiger partial charge in [-0.05, 0) is 24.7 Å². The maximum absolute atomic E-state index is 12.0. The van der Waals surface area contributed by atoms with Gasteiger partial charge in [0.1, 0.15) is 5.82 Å². The predicted octanol–water partition coefficient (Wildman–Crippen LogP) is 2.90. The van der Waals surface area contributed by atoms with Gasteiger partial charge in [0.05, 0.1) is 11.3 Å². The molecule has 0 unspecified atom stereocenters. The Kier molecular flexibility index (Phi) is 2.32. The number of hydrogen-bond donors (Lipinski definition) is 0. The topological polar surface area (TPSA) is 42.9 Å². The molecule has 1 saturated carbocycles. The maximum atomic E-state index is 12.0. The lowest BCUT2D eigenvalue weighted by Gasteiger charge is -2.30. The molecule has 3 heteroatoms. The minimum Gasteiger partial charge on any atom is -0.294 e. The van der Waals surface area contributed by atoms with Crippen molar-refractivity contribution in [2.75, 3.05) is 0 Å². The molecule has 0 aliphatic heterocycles. The van der Waals surface area contributed by atoms with Crippen LogP contribution in [0.4, 0.5) is 0 Å². The van der Waals surface area contributed by atoms with Crippen LogP contribution in [-0.2, 0) is 6.42 Å². The Morgan fingerprint density at radius 1 is 1.29 bits per heavy atom. The second kappa shape index (κ2) is 3.62. The van der Waals surface area contributed by atoms with Crippen molar-refractivity contribution in [2.45, 2.75) is 51.9 Å². The Morgan fingerprint density at radius 3 is 2.71 bits per heavy atom. The molecular formula is C14H18N2O. The quantitative estimate of drug-likeness (QED) is 0.745. The summed E-state index contributed by atoms with van der Waals surface area (Å²) in [5.41, 5.74) is 1.78. The molecule has 0 bridgehead atoms. The average Bonchev–Trinajstić information content (AvgIpc) is 2.11. The van der Waals surface area contributed by atoms with E-state index in [0.717, 1.165) is 23.5 Å². The Bertz CT molecular complexity index is 475. The smallest absolute Gasteiger partial charge is 0.166 e. The zero-order chi connectivity index (χ0) is 12.0. The number of carbonyl (C=O) groups is 1. The molecule has 0 N–H and O–H groups in total. The van der Waals surface area contributed by atoms with E-state index in [1.54, 1.807) is 6.20 Å². The summed E-state index contributed by atoms with van der Waals surface area (Å²) in [6, 6.07) is 0. The predicted molar refractivity (Wildman–Crippen MR) is 65.1 cm³/mol. The fraction of sp³-hybridized carbons (Fsp3) is 0.643. The van der Waals surface area contributed by atoms with Crippen molar-refractivity contribution >= 4 is 5.78 Å². The number of fused-ring (bicyclic) bond motifs is 1. The van der Waals surface area contributed by atoms with Gasteiger partial charge >= 0.3 is 0 Å². The van der Waals surface area contributed by atoms with Gasteiger partial charge in [-0.3, -0.25) is 4.79 Å². The van der Waals surface area contributed by atoms with E-state index >= 15 is 0 Å². The summed E-state index contributed by atoms with van der Waals surface area (Å²) in [6.07, 6.45) is 6.97. The number of rotatable bonds is 1. The summed E-state index contributed by atoms with van der Waals surface area (Å²) in [6.45, 7) is 4.28. The van der Waals surface area contributed by atoms with E-state index in [4.69, 9.17) is 0 Å². The monoisotopic (exact) mass is 230 g/mol. The standard InChI is InChI=1S/C14H18N2O/c1-14(2)6-11-10(12(17)7-14)8-15-13(16-11)9-4-3-5-9/h8-9H,3-7H2,1-2H3. The van der Waals surface area contributed by atoms with Crippen molar-refractivity contribution in [2.24, 2.45) is 5.41 Å². The molecule has 1 fully saturated rings. The highest BCUT2D eigenvalue weighted by Crippen LogP contribution is 2.37. The normalized spacial score (nSPS) is 23.1. The van der Waals surface area contributed by atoms with Crippen LogP contribution in [0, 0.1) is 5.41 Å². The lowest BCUT2D eigenvalue weighted by Crippen LogP contribution is -2.29. The lowest BCUT2D eigenvalue weighted by molar-refractivity contribution is 0.0909. The molecular weight excluding hydrogens is 212 g/mol. The van der Waals surface area contributed by atoms with Crippen LogP contribution in [0.5, 0.6) is 0 Å². The largest absolute Gasteiger partial charge is 0.294 e. The van der Waals surface area contributed by atoms with E-state index in [0.29, 0.717) is 12.3 Å². The van der Waals surface area contributed by atoms with Crippen molar-refractivity contribution in [1.29, 1.82) is 0 Å². The number of nitrogens with zero attached hydrogens (tertiary/aromatic N) is 2. The third-order valence-corrected chi connectivity index (χ3v) is 3.94. The number of Topliss-reactive ketones (excluding diaryl/α,β-unsaturated/α-hetero) is 1. The van der Waals surface area contributed by atoms with Crippen LogP contribution < -0.4 is 0 Å². The first-order chi connectivity index (χ1) is 8.05. The van der Waals surface area contributed by atoms with Crippen molar-refractivity contribution in [1.82, 2.24) is 9.97 Å². The van der Waals surface area contributed by atoms with E-state index in [9.17, 15) is 4.79 Å². The molecule has 3 rings (SSSR count). The number of carbonyl (C=O) groups excluding carboxylic acids is 1. The van der Waals surface area contributed by atoms with Crippen LogP contribution in [0.15, 0.2) is 6.20 Å². The molecule has 1 aromatic rings. The summed E-state index contributed by atoms with van der Waals surface area (Å²) < 4.78 is 0. The highest BCUT2D eigenvalue weighted by molar-refractivity contribution is 5.98. The number of aromatic nitrogens is 2. The third kappa shape index (κ3) is 1.88. The van der Waals surface area contributed by atoms with Gasteiger partial charge in [0.25, 0.3) is 0 Å². The van der Waals surface area contributed by atoms with Crippen molar-refractivity contribution in [3.05, 3.63) is 23.3 Å². The zero-order valence-electron chi connectivity index (χ0n) is 10.5. The third-order valence-electron chi connectivity index (χ3n) is 3.94. The fourth-order valence-electron chi connectivity index (χ4n) is 2.71. The molecule has 0 radical (unpaired) electrons. The van der Waals surface area contributed by atoms with Crippen LogP contribution in [0.1, 0.15) is 67.3 Å². The summed E-state index contributed by atoms with van der Waals surface area (Å²) in [4.78, 5) is 21.0. The van der Waals surface area contributed by atoms with E-state index in [2.05, 4.69) is 23.8 Å². The highest BCUT2D eigenvalue weighted by Gasteiger charge is 2.33. The first-order valence-corrected chi connectivity index (χ1v) is 6.44. The highest BCUT2D eigenvalue weighted by atomic mass is 16.1. The van der Waals surface area contributed by atoms with Gasteiger partial charge in [-0.15, -0.1) is 0 Å². The molecule has 0 atom stereocenters. The van der Waals surface area contributed by atoms with Crippen molar-refractivity contribution in [3.63, 3.8) is 0 Å². The van der Waals surface area contributed by atoms with Crippen LogP contribution in [0.3, 0.4) is 0 Å². The fourth-order valence-corrected chi connectivity index (χ4v) is 2.71.